The second-order valence-electron chi connectivity index (χ2n) is 10.8. The van der Waals surface area contributed by atoms with Crippen LogP contribution < -0.4 is 5.69 Å². The van der Waals surface area contributed by atoms with Gasteiger partial charge in [-0.2, -0.15) is 0 Å². The minimum atomic E-state index is -0.0154. The summed E-state index contributed by atoms with van der Waals surface area (Å²) >= 11 is 0. The Kier molecular flexibility index (Phi) is 10.3. The number of likely N-dealkylation sites (tertiary alicyclic amines) is 1. The molecule has 2 N–H and O–H groups in total. The van der Waals surface area contributed by atoms with Crippen molar-refractivity contribution in [3.63, 3.8) is 0 Å². The van der Waals surface area contributed by atoms with Crippen LogP contribution in [0.15, 0.2) is 77.6 Å². The number of nitrogens with zero attached hydrogens (tertiary/aromatic N) is 3. The van der Waals surface area contributed by atoms with Gasteiger partial charge in [-0.1, -0.05) is 36.4 Å². The molecule has 1 aliphatic heterocycles. The Bertz CT molecular complexity index is 1480. The maximum Gasteiger partial charge on any atom is 0.326 e. The number of benzene rings is 3. The molecule has 1 unspecified atom stereocenters. The largest absolute Gasteiger partial charge is 0.508 e. The molecule has 1 amide bonds. The van der Waals surface area contributed by atoms with Gasteiger partial charge in [0, 0.05) is 43.7 Å². The highest BCUT2D eigenvalue weighted by molar-refractivity contribution is 5.94. The summed E-state index contributed by atoms with van der Waals surface area (Å²) in [6.45, 7) is 8.31. The Balaban J connectivity index is 0.00000387. The first-order valence-corrected chi connectivity index (χ1v) is 14.6. The molecule has 2 heterocycles. The lowest BCUT2D eigenvalue weighted by Crippen LogP contribution is -2.37. The average Bonchev–Trinajstić information content (AvgIpc) is 3.32. The number of phenols is 1. The van der Waals surface area contributed by atoms with Crippen LogP contribution in [0.2, 0.25) is 0 Å². The SMILES string of the molecule is CCN(CC)C(=O)c1ccc(C(CCCN2CCC(n3c(=O)[nH]c4ccccc43)CC2)c2cccc(O)c2)cc1.Cl. The van der Waals surface area contributed by atoms with Crippen LogP contribution >= 0.6 is 12.4 Å². The number of hydrogen-bond acceptors (Lipinski definition) is 4. The van der Waals surface area contributed by atoms with Crippen LogP contribution in [0.3, 0.4) is 0 Å². The second-order valence-corrected chi connectivity index (χ2v) is 10.8. The van der Waals surface area contributed by atoms with Gasteiger partial charge >= 0.3 is 5.69 Å². The molecule has 5 rings (SSSR count). The number of hydrogen-bond donors (Lipinski definition) is 2. The molecule has 8 heteroatoms. The molecular weight excluding hydrogens is 536 g/mol. The van der Waals surface area contributed by atoms with Crippen molar-refractivity contribution in [3.05, 3.63) is 100.0 Å². The zero-order valence-electron chi connectivity index (χ0n) is 24.0. The molecule has 1 fully saturated rings. The van der Waals surface area contributed by atoms with Crippen LogP contribution in [-0.2, 0) is 0 Å². The van der Waals surface area contributed by atoms with E-state index in [0.717, 1.165) is 67.5 Å². The number of aromatic nitrogens is 2. The van der Waals surface area contributed by atoms with Crippen LogP contribution in [0.4, 0.5) is 0 Å². The van der Waals surface area contributed by atoms with Gasteiger partial charge in [-0.15, -0.1) is 12.4 Å². The van der Waals surface area contributed by atoms with Gasteiger partial charge in [-0.05, 0) is 93.6 Å². The summed E-state index contributed by atoms with van der Waals surface area (Å²) < 4.78 is 1.94. The Hall–Kier alpha value is -3.55. The van der Waals surface area contributed by atoms with Crippen molar-refractivity contribution in [1.29, 1.82) is 0 Å². The van der Waals surface area contributed by atoms with Crippen molar-refractivity contribution < 1.29 is 9.90 Å². The van der Waals surface area contributed by atoms with Gasteiger partial charge in [0.1, 0.15) is 5.75 Å². The third-order valence-electron chi connectivity index (χ3n) is 8.40. The first-order chi connectivity index (χ1) is 19.5. The van der Waals surface area contributed by atoms with Crippen LogP contribution in [-0.4, -0.2) is 63.1 Å². The third-order valence-corrected chi connectivity index (χ3v) is 8.40. The van der Waals surface area contributed by atoms with Crippen molar-refractivity contribution in [1.82, 2.24) is 19.4 Å². The standard InChI is InChI=1S/C33H40N4O3.ClH/c1-3-36(4-2)32(39)25-16-14-24(15-17-25)29(26-9-7-10-28(38)23-26)11-8-20-35-21-18-27(19-22-35)37-31-13-6-5-12-30(31)34-33(37)40;/h5-7,9-10,12-17,23,27,29,38H,3-4,8,11,18-22H2,1-2H3,(H,34,40);1H. The van der Waals surface area contributed by atoms with Gasteiger partial charge < -0.3 is 19.9 Å². The summed E-state index contributed by atoms with van der Waals surface area (Å²) in [5.74, 6) is 0.459. The van der Waals surface area contributed by atoms with Gasteiger partial charge in [0.05, 0.1) is 11.0 Å². The number of piperidine rings is 1. The summed E-state index contributed by atoms with van der Waals surface area (Å²) in [5.41, 5.74) is 4.82. The van der Waals surface area contributed by atoms with Gasteiger partial charge in [-0.25, -0.2) is 4.79 Å². The number of nitrogens with one attached hydrogen (secondary N) is 1. The van der Waals surface area contributed by atoms with E-state index in [2.05, 4.69) is 28.1 Å². The summed E-state index contributed by atoms with van der Waals surface area (Å²) in [6.07, 6.45) is 3.87. The smallest absolute Gasteiger partial charge is 0.326 e. The Morgan fingerprint density at radius 2 is 1.68 bits per heavy atom. The molecule has 0 radical (unpaired) electrons. The topological polar surface area (TPSA) is 81.6 Å². The number of halogens is 1. The number of imidazole rings is 1. The Morgan fingerprint density at radius 3 is 2.37 bits per heavy atom. The second kappa shape index (κ2) is 13.9. The van der Waals surface area contributed by atoms with Crippen LogP contribution in [0.25, 0.3) is 11.0 Å². The summed E-state index contributed by atoms with van der Waals surface area (Å²) in [6, 6.07) is 23.7. The lowest BCUT2D eigenvalue weighted by atomic mass is 9.86. The van der Waals surface area contributed by atoms with Gasteiger partial charge in [0.15, 0.2) is 0 Å². The van der Waals surface area contributed by atoms with Crippen LogP contribution in [0, 0.1) is 0 Å². The molecule has 41 heavy (non-hydrogen) atoms. The fraction of sp³-hybridized carbons (Fsp3) is 0.394. The van der Waals surface area contributed by atoms with Crippen molar-refractivity contribution in [2.45, 2.75) is 51.5 Å². The molecule has 0 saturated carbocycles. The highest BCUT2D eigenvalue weighted by Crippen LogP contribution is 2.32. The fourth-order valence-corrected chi connectivity index (χ4v) is 6.18. The van der Waals surface area contributed by atoms with E-state index in [0.29, 0.717) is 18.7 Å². The number of amides is 1. The maximum absolute atomic E-state index is 12.8. The lowest BCUT2D eigenvalue weighted by Gasteiger charge is -2.33. The van der Waals surface area contributed by atoms with E-state index < -0.39 is 0 Å². The maximum atomic E-state index is 12.8. The predicted octanol–water partition coefficient (Wildman–Crippen LogP) is 6.19. The van der Waals surface area contributed by atoms with E-state index in [1.807, 2.05) is 71.8 Å². The number of rotatable bonds is 10. The lowest BCUT2D eigenvalue weighted by molar-refractivity contribution is 0.0773. The third kappa shape index (κ3) is 6.85. The Morgan fingerprint density at radius 1 is 0.976 bits per heavy atom. The van der Waals surface area contributed by atoms with Crippen LogP contribution in [0.1, 0.15) is 73.0 Å². The average molecular weight is 577 g/mol. The number of carbonyl (C=O) groups excluding carboxylic acids is 1. The highest BCUT2D eigenvalue weighted by atomic mass is 35.5. The monoisotopic (exact) mass is 576 g/mol. The van der Waals surface area contributed by atoms with Gasteiger partial charge in [-0.3, -0.25) is 9.36 Å². The highest BCUT2D eigenvalue weighted by Gasteiger charge is 2.24. The number of aromatic amines is 1. The number of fused-ring (bicyclic) bond motifs is 1. The van der Waals surface area contributed by atoms with E-state index >= 15 is 0 Å². The zero-order chi connectivity index (χ0) is 28.1. The fourth-order valence-electron chi connectivity index (χ4n) is 6.18. The molecule has 1 aliphatic rings. The quantitative estimate of drug-likeness (QED) is 0.236. The number of aromatic hydroxyl groups is 1. The molecule has 0 bridgehead atoms. The van der Waals surface area contributed by atoms with Gasteiger partial charge in [0.2, 0.25) is 0 Å². The Labute approximate surface area is 248 Å². The zero-order valence-corrected chi connectivity index (χ0v) is 24.8. The predicted molar refractivity (Wildman–Crippen MR) is 167 cm³/mol. The minimum absolute atomic E-state index is 0. The number of para-hydroxylation sites is 2. The van der Waals surface area contributed by atoms with Gasteiger partial charge in [0.25, 0.3) is 5.91 Å². The summed E-state index contributed by atoms with van der Waals surface area (Å²) in [4.78, 5) is 32.8. The van der Waals surface area contributed by atoms with Crippen molar-refractivity contribution in [2.24, 2.45) is 0 Å². The molecule has 7 nitrogen and oxygen atoms in total. The minimum Gasteiger partial charge on any atom is -0.508 e. The molecule has 4 aromatic rings. The van der Waals surface area contributed by atoms with Crippen molar-refractivity contribution in [3.8, 4) is 5.75 Å². The van der Waals surface area contributed by atoms with Crippen molar-refractivity contribution in [2.75, 3.05) is 32.7 Å². The number of phenolic OH excluding ortho intramolecular Hbond substituents is 1. The van der Waals surface area contributed by atoms with Crippen LogP contribution in [0.5, 0.6) is 5.75 Å². The normalized spacial score (nSPS) is 15.0. The van der Waals surface area contributed by atoms with E-state index in [1.165, 1.54) is 0 Å². The molecule has 218 valence electrons. The summed E-state index contributed by atoms with van der Waals surface area (Å²) in [5, 5.41) is 10.2. The first kappa shape index (κ1) is 30.4. The summed E-state index contributed by atoms with van der Waals surface area (Å²) in [7, 11) is 0. The van der Waals surface area contributed by atoms with E-state index in [4.69, 9.17) is 0 Å². The molecule has 0 spiro atoms. The molecule has 1 saturated heterocycles. The van der Waals surface area contributed by atoms with E-state index in [1.54, 1.807) is 6.07 Å². The van der Waals surface area contributed by atoms with E-state index in [9.17, 15) is 14.7 Å². The van der Waals surface area contributed by atoms with Crippen molar-refractivity contribution >= 4 is 29.3 Å². The molecule has 1 atom stereocenters. The van der Waals surface area contributed by atoms with E-state index in [-0.39, 0.29) is 41.7 Å². The molecular formula is C33H41ClN4O3. The molecule has 0 aliphatic carbocycles. The number of carbonyl (C=O) groups is 1. The first-order valence-electron chi connectivity index (χ1n) is 14.6. The molecule has 3 aromatic carbocycles. The molecule has 1 aromatic heterocycles. The number of H-pyrrole nitrogens is 1.